The van der Waals surface area contributed by atoms with Crippen LogP contribution in [0.2, 0.25) is 0 Å². The highest BCUT2D eigenvalue weighted by Gasteiger charge is 2.17. The number of hydrogen-bond donors (Lipinski definition) is 0. The highest BCUT2D eigenvalue weighted by Crippen LogP contribution is 2.36. The average Bonchev–Trinajstić information content (AvgIpc) is 2.61. The summed E-state index contributed by atoms with van der Waals surface area (Å²) in [4.78, 5) is 0. The maximum Gasteiger partial charge on any atom is 0.133 e. The van der Waals surface area contributed by atoms with Crippen molar-refractivity contribution in [2.45, 2.75) is 6.92 Å². The Hall–Kier alpha value is -2.15. The molecule has 88 valence electrons. The van der Waals surface area contributed by atoms with Gasteiger partial charge in [0.2, 0.25) is 0 Å². The molecule has 0 saturated heterocycles. The molecule has 0 aliphatic carbocycles. The molecular formula is C13H14N2O2. The quantitative estimate of drug-likeness (QED) is 0.795. The fourth-order valence-corrected chi connectivity index (χ4v) is 2.04. The van der Waals surface area contributed by atoms with Gasteiger partial charge in [-0.25, -0.2) is 0 Å². The lowest BCUT2D eigenvalue weighted by Gasteiger charge is -2.07. The SMILES string of the molecule is COc1cc(OC)c2c(C#N)c(C)n(C)c2c1. The Morgan fingerprint density at radius 3 is 2.47 bits per heavy atom. The maximum absolute atomic E-state index is 9.23. The van der Waals surface area contributed by atoms with E-state index in [0.29, 0.717) is 11.3 Å². The molecule has 0 amide bonds. The van der Waals surface area contributed by atoms with Gasteiger partial charge >= 0.3 is 0 Å². The van der Waals surface area contributed by atoms with Gasteiger partial charge in [0.05, 0.1) is 30.7 Å². The van der Waals surface area contributed by atoms with Crippen LogP contribution >= 0.6 is 0 Å². The lowest BCUT2D eigenvalue weighted by molar-refractivity contribution is 0.398. The summed E-state index contributed by atoms with van der Waals surface area (Å²) in [5, 5.41) is 10.1. The number of ether oxygens (including phenoxy) is 2. The molecule has 0 radical (unpaired) electrons. The normalized spacial score (nSPS) is 10.3. The zero-order chi connectivity index (χ0) is 12.6. The first-order valence-corrected chi connectivity index (χ1v) is 5.25. The molecular weight excluding hydrogens is 216 g/mol. The number of rotatable bonds is 2. The molecule has 0 fully saturated rings. The molecule has 2 aromatic rings. The molecule has 0 unspecified atom stereocenters. The predicted octanol–water partition coefficient (Wildman–Crippen LogP) is 2.38. The van der Waals surface area contributed by atoms with Crippen LogP contribution in [0.5, 0.6) is 11.5 Å². The van der Waals surface area contributed by atoms with Gasteiger partial charge in [0.25, 0.3) is 0 Å². The number of methoxy groups -OCH3 is 2. The summed E-state index contributed by atoms with van der Waals surface area (Å²) in [5.74, 6) is 1.39. The van der Waals surface area contributed by atoms with Crippen molar-refractivity contribution in [2.75, 3.05) is 14.2 Å². The zero-order valence-electron chi connectivity index (χ0n) is 10.4. The summed E-state index contributed by atoms with van der Waals surface area (Å²) in [6.07, 6.45) is 0. The van der Waals surface area contributed by atoms with E-state index in [-0.39, 0.29) is 0 Å². The van der Waals surface area contributed by atoms with Gasteiger partial charge in [-0.15, -0.1) is 0 Å². The third-order valence-electron chi connectivity index (χ3n) is 3.10. The molecule has 1 heterocycles. The van der Waals surface area contributed by atoms with E-state index < -0.39 is 0 Å². The minimum atomic E-state index is 0.655. The molecule has 0 bridgehead atoms. The molecule has 0 atom stereocenters. The Morgan fingerprint density at radius 1 is 1.24 bits per heavy atom. The average molecular weight is 230 g/mol. The maximum atomic E-state index is 9.23. The lowest BCUT2D eigenvalue weighted by atomic mass is 10.1. The zero-order valence-corrected chi connectivity index (χ0v) is 10.4. The number of aromatic nitrogens is 1. The number of aryl methyl sites for hydroxylation is 1. The molecule has 0 saturated carbocycles. The Bertz CT molecular complexity index is 621. The van der Waals surface area contributed by atoms with Gasteiger partial charge in [0.1, 0.15) is 17.6 Å². The third kappa shape index (κ3) is 1.51. The van der Waals surface area contributed by atoms with Crippen molar-refractivity contribution in [3.63, 3.8) is 0 Å². The second-order valence-corrected chi connectivity index (χ2v) is 3.86. The number of hydrogen-bond acceptors (Lipinski definition) is 3. The number of nitrogens with zero attached hydrogens (tertiary/aromatic N) is 2. The van der Waals surface area contributed by atoms with Gasteiger partial charge in [-0.1, -0.05) is 0 Å². The van der Waals surface area contributed by atoms with Gasteiger partial charge < -0.3 is 14.0 Å². The second kappa shape index (κ2) is 4.02. The minimum absolute atomic E-state index is 0.655. The van der Waals surface area contributed by atoms with E-state index >= 15 is 0 Å². The van der Waals surface area contributed by atoms with E-state index in [0.717, 1.165) is 22.3 Å². The molecule has 0 spiro atoms. The van der Waals surface area contributed by atoms with Crippen LogP contribution in [0.1, 0.15) is 11.3 Å². The number of fused-ring (bicyclic) bond motifs is 1. The summed E-state index contributed by atoms with van der Waals surface area (Å²) in [7, 11) is 5.14. The van der Waals surface area contributed by atoms with Crippen LogP contribution in [0.3, 0.4) is 0 Å². The van der Waals surface area contributed by atoms with Crippen molar-refractivity contribution >= 4 is 10.9 Å². The van der Waals surface area contributed by atoms with E-state index in [1.807, 2.05) is 24.6 Å². The molecule has 1 aromatic carbocycles. The Labute approximate surface area is 100.0 Å². The first kappa shape index (κ1) is 11.3. The molecule has 4 heteroatoms. The Balaban J connectivity index is 2.95. The van der Waals surface area contributed by atoms with Crippen LogP contribution in [0, 0.1) is 18.3 Å². The van der Waals surface area contributed by atoms with E-state index in [2.05, 4.69) is 6.07 Å². The van der Waals surface area contributed by atoms with Gasteiger partial charge in [-0.3, -0.25) is 0 Å². The number of nitriles is 1. The van der Waals surface area contributed by atoms with Gasteiger partial charge in [-0.2, -0.15) is 5.26 Å². The molecule has 2 rings (SSSR count). The second-order valence-electron chi connectivity index (χ2n) is 3.86. The van der Waals surface area contributed by atoms with Crippen LogP contribution in [0.4, 0.5) is 0 Å². The van der Waals surface area contributed by atoms with Crippen molar-refractivity contribution in [3.8, 4) is 17.6 Å². The van der Waals surface area contributed by atoms with Crippen molar-refractivity contribution < 1.29 is 9.47 Å². The van der Waals surface area contributed by atoms with Crippen molar-refractivity contribution in [2.24, 2.45) is 7.05 Å². The third-order valence-corrected chi connectivity index (χ3v) is 3.10. The first-order chi connectivity index (χ1) is 8.13. The monoisotopic (exact) mass is 230 g/mol. The summed E-state index contributed by atoms with van der Waals surface area (Å²) >= 11 is 0. The molecule has 0 aliphatic heterocycles. The van der Waals surface area contributed by atoms with Gasteiger partial charge in [-0.05, 0) is 6.92 Å². The fraction of sp³-hybridized carbons (Fsp3) is 0.308. The standard InChI is InChI=1S/C13H14N2O2/c1-8-10(7-14)13-11(15(8)2)5-9(16-3)6-12(13)17-4/h5-6H,1-4H3. The van der Waals surface area contributed by atoms with E-state index in [4.69, 9.17) is 9.47 Å². The molecule has 4 nitrogen and oxygen atoms in total. The van der Waals surface area contributed by atoms with E-state index in [9.17, 15) is 5.26 Å². The first-order valence-electron chi connectivity index (χ1n) is 5.25. The lowest BCUT2D eigenvalue weighted by Crippen LogP contribution is -1.92. The van der Waals surface area contributed by atoms with Crippen LogP contribution < -0.4 is 9.47 Å². The smallest absolute Gasteiger partial charge is 0.133 e. The minimum Gasteiger partial charge on any atom is -0.497 e. The molecule has 17 heavy (non-hydrogen) atoms. The highest BCUT2D eigenvalue weighted by molar-refractivity contribution is 5.94. The van der Waals surface area contributed by atoms with Crippen molar-refractivity contribution in [1.82, 2.24) is 4.57 Å². The van der Waals surface area contributed by atoms with Gasteiger partial charge in [0.15, 0.2) is 0 Å². The van der Waals surface area contributed by atoms with Crippen molar-refractivity contribution in [1.29, 1.82) is 5.26 Å². The van der Waals surface area contributed by atoms with Crippen LogP contribution in [-0.4, -0.2) is 18.8 Å². The van der Waals surface area contributed by atoms with E-state index in [1.165, 1.54) is 0 Å². The summed E-state index contributed by atoms with van der Waals surface area (Å²) in [6, 6.07) is 5.93. The summed E-state index contributed by atoms with van der Waals surface area (Å²) < 4.78 is 12.5. The largest absolute Gasteiger partial charge is 0.497 e. The molecule has 1 aromatic heterocycles. The van der Waals surface area contributed by atoms with Crippen LogP contribution in [0.15, 0.2) is 12.1 Å². The number of benzene rings is 1. The molecule has 0 aliphatic rings. The highest BCUT2D eigenvalue weighted by atomic mass is 16.5. The van der Waals surface area contributed by atoms with Gasteiger partial charge in [0, 0.05) is 24.9 Å². The van der Waals surface area contributed by atoms with Crippen LogP contribution in [0.25, 0.3) is 10.9 Å². The molecule has 0 N–H and O–H groups in total. The Kier molecular flexibility index (Phi) is 2.68. The van der Waals surface area contributed by atoms with Crippen molar-refractivity contribution in [3.05, 3.63) is 23.4 Å². The fourth-order valence-electron chi connectivity index (χ4n) is 2.04. The topological polar surface area (TPSA) is 47.2 Å². The predicted molar refractivity (Wildman–Crippen MR) is 65.5 cm³/mol. The van der Waals surface area contributed by atoms with Crippen LogP contribution in [-0.2, 0) is 7.05 Å². The van der Waals surface area contributed by atoms with E-state index in [1.54, 1.807) is 20.3 Å². The summed E-state index contributed by atoms with van der Waals surface area (Å²) in [6.45, 7) is 1.92. The Morgan fingerprint density at radius 2 is 1.94 bits per heavy atom. The summed E-state index contributed by atoms with van der Waals surface area (Å²) in [5.41, 5.74) is 2.52.